The van der Waals surface area contributed by atoms with Crippen LogP contribution in [0, 0.1) is 11.8 Å². The average molecular weight is 216 g/mol. The molecule has 1 aromatic carbocycles. The summed E-state index contributed by atoms with van der Waals surface area (Å²) in [7, 11) is 0. The van der Waals surface area contributed by atoms with Crippen molar-refractivity contribution in [2.45, 2.75) is 52.9 Å². The lowest BCUT2D eigenvalue weighted by Crippen LogP contribution is -2.20. The van der Waals surface area contributed by atoms with Gasteiger partial charge in [0.2, 0.25) is 0 Å². The molecule has 1 aliphatic rings. The van der Waals surface area contributed by atoms with E-state index < -0.39 is 0 Å². The van der Waals surface area contributed by atoms with Gasteiger partial charge in [0, 0.05) is 0 Å². The minimum absolute atomic E-state index is 0.708. The molecule has 0 aromatic heterocycles. The maximum Gasteiger partial charge on any atom is -0.0193 e. The Morgan fingerprint density at radius 3 is 2.38 bits per heavy atom. The molecule has 0 saturated carbocycles. The van der Waals surface area contributed by atoms with E-state index in [9.17, 15) is 0 Å². The first-order valence-electron chi connectivity index (χ1n) is 6.73. The van der Waals surface area contributed by atoms with Gasteiger partial charge in [0.25, 0.3) is 0 Å². The van der Waals surface area contributed by atoms with E-state index in [4.69, 9.17) is 0 Å². The zero-order valence-corrected chi connectivity index (χ0v) is 11.1. The predicted molar refractivity (Wildman–Crippen MR) is 70.9 cm³/mol. The summed E-state index contributed by atoms with van der Waals surface area (Å²) in [5.74, 6) is 2.40. The molecule has 0 radical (unpaired) electrons. The Morgan fingerprint density at radius 1 is 1.12 bits per heavy atom. The van der Waals surface area contributed by atoms with Crippen LogP contribution in [-0.4, -0.2) is 0 Å². The number of fused-ring (bicyclic) bond motifs is 1. The van der Waals surface area contributed by atoms with Crippen LogP contribution in [-0.2, 0) is 12.8 Å². The van der Waals surface area contributed by atoms with Crippen molar-refractivity contribution in [1.29, 1.82) is 0 Å². The van der Waals surface area contributed by atoms with Gasteiger partial charge >= 0.3 is 0 Å². The van der Waals surface area contributed by atoms with Crippen molar-refractivity contribution in [1.82, 2.24) is 0 Å². The minimum atomic E-state index is 0.708. The molecule has 16 heavy (non-hydrogen) atoms. The second kappa shape index (κ2) is 4.61. The van der Waals surface area contributed by atoms with Crippen LogP contribution < -0.4 is 0 Å². The maximum atomic E-state index is 2.46. The molecule has 0 amide bonds. The quantitative estimate of drug-likeness (QED) is 0.679. The van der Waals surface area contributed by atoms with Crippen LogP contribution in [0.3, 0.4) is 0 Å². The third-order valence-electron chi connectivity index (χ3n) is 4.47. The van der Waals surface area contributed by atoms with Crippen LogP contribution in [0.1, 0.15) is 56.7 Å². The van der Waals surface area contributed by atoms with Gasteiger partial charge in [0.05, 0.1) is 0 Å². The second-order valence-electron chi connectivity index (χ2n) is 5.70. The third kappa shape index (κ3) is 2.16. The molecule has 0 spiro atoms. The Morgan fingerprint density at radius 2 is 1.75 bits per heavy atom. The largest absolute Gasteiger partial charge is 0.0648 e. The summed E-state index contributed by atoms with van der Waals surface area (Å²) in [6.07, 6.45) is 3.79. The molecule has 3 atom stereocenters. The molecule has 0 nitrogen and oxygen atoms in total. The molecule has 0 saturated heterocycles. The van der Waals surface area contributed by atoms with E-state index in [1.807, 2.05) is 0 Å². The van der Waals surface area contributed by atoms with Crippen molar-refractivity contribution in [2.24, 2.45) is 11.8 Å². The molecule has 0 bridgehead atoms. The third-order valence-corrected chi connectivity index (χ3v) is 4.47. The fourth-order valence-electron chi connectivity index (χ4n) is 2.67. The van der Waals surface area contributed by atoms with Crippen LogP contribution in [0.25, 0.3) is 0 Å². The summed E-state index contributed by atoms with van der Waals surface area (Å²) in [5, 5.41) is 0. The van der Waals surface area contributed by atoms with E-state index in [2.05, 4.69) is 45.9 Å². The smallest absolute Gasteiger partial charge is 0.0193 e. The fourth-order valence-corrected chi connectivity index (χ4v) is 2.67. The van der Waals surface area contributed by atoms with Gasteiger partial charge in [-0.1, -0.05) is 45.9 Å². The van der Waals surface area contributed by atoms with Crippen molar-refractivity contribution in [2.75, 3.05) is 0 Å². The molecule has 0 heterocycles. The lowest BCUT2D eigenvalue weighted by molar-refractivity contribution is 0.361. The van der Waals surface area contributed by atoms with E-state index >= 15 is 0 Å². The Labute approximate surface area is 100 Å². The fraction of sp³-hybridized carbons (Fsp3) is 0.625. The van der Waals surface area contributed by atoms with E-state index in [0.717, 1.165) is 11.8 Å². The first-order chi connectivity index (χ1) is 7.61. The summed E-state index contributed by atoms with van der Waals surface area (Å²) in [5.41, 5.74) is 4.74. The molecule has 0 heteroatoms. The highest BCUT2D eigenvalue weighted by molar-refractivity contribution is 5.36. The van der Waals surface area contributed by atoms with Crippen LogP contribution in [0.15, 0.2) is 18.2 Å². The van der Waals surface area contributed by atoms with Crippen LogP contribution in [0.4, 0.5) is 0 Å². The lowest BCUT2D eigenvalue weighted by atomic mass is 9.77. The molecule has 1 aliphatic carbocycles. The molecule has 1 aromatic rings. The number of hydrogen-bond acceptors (Lipinski definition) is 0. The van der Waals surface area contributed by atoms with Gasteiger partial charge in [-0.2, -0.15) is 0 Å². The first kappa shape index (κ1) is 11.7. The predicted octanol–water partition coefficient (Wildman–Crippen LogP) is 4.57. The lowest BCUT2D eigenvalue weighted by Gasteiger charge is -2.28. The Hall–Kier alpha value is -0.780. The molecule has 88 valence electrons. The Balaban J connectivity index is 2.29. The van der Waals surface area contributed by atoms with Crippen molar-refractivity contribution >= 4 is 0 Å². The summed E-state index contributed by atoms with van der Waals surface area (Å²) in [6, 6.07) is 7.18. The zero-order valence-electron chi connectivity index (χ0n) is 11.1. The van der Waals surface area contributed by atoms with Gasteiger partial charge in [-0.25, -0.2) is 0 Å². The first-order valence-corrected chi connectivity index (χ1v) is 6.73. The normalized spacial score (nSPS) is 26.2. The molecule has 3 unspecified atom stereocenters. The van der Waals surface area contributed by atoms with Crippen LogP contribution in [0.5, 0.6) is 0 Å². The van der Waals surface area contributed by atoms with E-state index in [1.165, 1.54) is 24.8 Å². The standard InChI is InChI=1S/C16H24/c1-5-11(2)14-6-7-15-8-12(3)13(4)9-16(15)10-14/h6-7,10-13H,5,8-9H2,1-4H3. The highest BCUT2D eigenvalue weighted by Crippen LogP contribution is 2.32. The van der Waals surface area contributed by atoms with E-state index in [1.54, 1.807) is 11.1 Å². The minimum Gasteiger partial charge on any atom is -0.0648 e. The summed E-state index contributed by atoms with van der Waals surface area (Å²) < 4.78 is 0. The Kier molecular flexibility index (Phi) is 3.37. The van der Waals surface area contributed by atoms with Crippen molar-refractivity contribution in [3.8, 4) is 0 Å². The second-order valence-corrected chi connectivity index (χ2v) is 5.70. The van der Waals surface area contributed by atoms with E-state index in [0.29, 0.717) is 5.92 Å². The topological polar surface area (TPSA) is 0 Å². The van der Waals surface area contributed by atoms with Gasteiger partial charge < -0.3 is 0 Å². The summed E-state index contributed by atoms with van der Waals surface area (Å²) in [6.45, 7) is 9.38. The molecule has 0 fully saturated rings. The number of hydrogen-bond donors (Lipinski definition) is 0. The van der Waals surface area contributed by atoms with Crippen molar-refractivity contribution in [3.63, 3.8) is 0 Å². The molecular formula is C16H24. The van der Waals surface area contributed by atoms with Crippen molar-refractivity contribution < 1.29 is 0 Å². The number of benzene rings is 1. The maximum absolute atomic E-state index is 2.46. The van der Waals surface area contributed by atoms with Crippen LogP contribution in [0.2, 0.25) is 0 Å². The summed E-state index contributed by atoms with van der Waals surface area (Å²) in [4.78, 5) is 0. The molecule has 2 rings (SSSR count). The van der Waals surface area contributed by atoms with Gasteiger partial charge in [-0.3, -0.25) is 0 Å². The van der Waals surface area contributed by atoms with E-state index in [-0.39, 0.29) is 0 Å². The SMILES string of the molecule is CCC(C)c1ccc2c(c1)CC(C)C(C)C2. The summed E-state index contributed by atoms with van der Waals surface area (Å²) >= 11 is 0. The number of rotatable bonds is 2. The van der Waals surface area contributed by atoms with Crippen LogP contribution >= 0.6 is 0 Å². The van der Waals surface area contributed by atoms with Gasteiger partial charge in [-0.15, -0.1) is 0 Å². The van der Waals surface area contributed by atoms with Gasteiger partial charge in [0.15, 0.2) is 0 Å². The molecular weight excluding hydrogens is 192 g/mol. The monoisotopic (exact) mass is 216 g/mol. The van der Waals surface area contributed by atoms with Crippen molar-refractivity contribution in [3.05, 3.63) is 34.9 Å². The molecule has 0 aliphatic heterocycles. The van der Waals surface area contributed by atoms with Gasteiger partial charge in [0.1, 0.15) is 0 Å². The molecule has 0 N–H and O–H groups in total. The Bertz CT molecular complexity index is 364. The highest BCUT2D eigenvalue weighted by atomic mass is 14.3. The zero-order chi connectivity index (χ0) is 11.7. The van der Waals surface area contributed by atoms with Gasteiger partial charge in [-0.05, 0) is 53.7 Å². The average Bonchev–Trinajstić information content (AvgIpc) is 2.29. The highest BCUT2D eigenvalue weighted by Gasteiger charge is 2.22.